The Kier molecular flexibility index (Phi) is 3.78. The molecule has 0 aliphatic carbocycles. The van der Waals surface area contributed by atoms with Gasteiger partial charge in [-0.15, -0.1) is 0 Å². The molecule has 0 aromatic heterocycles. The molecule has 0 aromatic carbocycles. The Morgan fingerprint density at radius 3 is 2.11 bits per heavy atom. The summed E-state index contributed by atoms with van der Waals surface area (Å²) in [5.74, 6) is 0.277. The average Bonchev–Trinajstić information content (AvgIpc) is 2.45. The monoisotopic (exact) mass is 274 g/mol. The van der Waals surface area contributed by atoms with Crippen LogP contribution in [-0.2, 0) is 9.84 Å². The second kappa shape index (κ2) is 4.76. The van der Waals surface area contributed by atoms with Crippen LogP contribution in [0.1, 0.15) is 46.5 Å². The average molecular weight is 274 g/mol. The third kappa shape index (κ3) is 2.73. The van der Waals surface area contributed by atoms with Crippen molar-refractivity contribution in [2.75, 3.05) is 12.3 Å². The molecule has 18 heavy (non-hydrogen) atoms. The smallest absolute Gasteiger partial charge is 0.156 e. The number of nitrogens with zero attached hydrogens (tertiary/aromatic N) is 1. The second-order valence-corrected chi connectivity index (χ2v) is 9.65. The first kappa shape index (κ1) is 14.3. The van der Waals surface area contributed by atoms with Crippen LogP contribution in [0.4, 0.5) is 0 Å². The summed E-state index contributed by atoms with van der Waals surface area (Å²) in [6.45, 7) is 6.02. The molecule has 0 saturated carbocycles. The SMILES string of the molecule is CC(C)(C)S(=O)(=O)CCN1C2CCC1CC(N)C2. The third-order valence-electron chi connectivity index (χ3n) is 4.47. The minimum Gasteiger partial charge on any atom is -0.328 e. The van der Waals surface area contributed by atoms with E-state index < -0.39 is 14.6 Å². The fourth-order valence-corrected chi connectivity index (χ4v) is 4.28. The summed E-state index contributed by atoms with van der Waals surface area (Å²) in [7, 11) is -3.00. The Morgan fingerprint density at radius 1 is 1.17 bits per heavy atom. The van der Waals surface area contributed by atoms with E-state index in [-0.39, 0.29) is 5.75 Å². The van der Waals surface area contributed by atoms with E-state index in [0.29, 0.717) is 24.7 Å². The zero-order valence-corrected chi connectivity index (χ0v) is 12.5. The number of hydrogen-bond donors (Lipinski definition) is 1. The van der Waals surface area contributed by atoms with Gasteiger partial charge in [-0.05, 0) is 46.5 Å². The van der Waals surface area contributed by atoms with E-state index in [1.807, 2.05) is 0 Å². The minimum atomic E-state index is -3.00. The van der Waals surface area contributed by atoms with Gasteiger partial charge in [-0.2, -0.15) is 0 Å². The highest BCUT2D eigenvalue weighted by Gasteiger charge is 2.40. The first-order valence-electron chi connectivity index (χ1n) is 6.94. The maximum absolute atomic E-state index is 12.1. The molecule has 0 aromatic rings. The minimum absolute atomic E-state index is 0.277. The summed E-state index contributed by atoms with van der Waals surface area (Å²) in [6.07, 6.45) is 4.44. The van der Waals surface area contributed by atoms with E-state index in [2.05, 4.69) is 4.90 Å². The quantitative estimate of drug-likeness (QED) is 0.838. The standard InChI is InChI=1S/C13H26N2O2S/c1-13(2,3)18(16,17)7-6-15-11-4-5-12(15)9-10(14)8-11/h10-12H,4-9,14H2,1-3H3. The van der Waals surface area contributed by atoms with Gasteiger partial charge in [0.1, 0.15) is 0 Å². The predicted octanol–water partition coefficient (Wildman–Crippen LogP) is 1.15. The molecule has 0 radical (unpaired) electrons. The molecule has 2 heterocycles. The fourth-order valence-electron chi connectivity index (χ4n) is 3.21. The van der Waals surface area contributed by atoms with Gasteiger partial charge in [0.2, 0.25) is 0 Å². The number of rotatable bonds is 3. The van der Waals surface area contributed by atoms with E-state index in [0.717, 1.165) is 12.8 Å². The van der Waals surface area contributed by atoms with Crippen LogP contribution in [0.5, 0.6) is 0 Å². The topological polar surface area (TPSA) is 63.4 Å². The van der Waals surface area contributed by atoms with Gasteiger partial charge < -0.3 is 5.73 Å². The molecule has 2 atom stereocenters. The van der Waals surface area contributed by atoms with Gasteiger partial charge >= 0.3 is 0 Å². The van der Waals surface area contributed by atoms with Crippen LogP contribution in [0.3, 0.4) is 0 Å². The Labute approximate surface area is 111 Å². The van der Waals surface area contributed by atoms with Crippen molar-refractivity contribution in [1.82, 2.24) is 4.90 Å². The highest BCUT2D eigenvalue weighted by atomic mass is 32.2. The van der Waals surface area contributed by atoms with Gasteiger partial charge in [0.15, 0.2) is 9.84 Å². The van der Waals surface area contributed by atoms with Crippen LogP contribution < -0.4 is 5.73 Å². The molecule has 106 valence electrons. The molecule has 2 saturated heterocycles. The highest BCUT2D eigenvalue weighted by Crippen LogP contribution is 2.35. The zero-order valence-electron chi connectivity index (χ0n) is 11.7. The van der Waals surface area contributed by atoms with Crippen molar-refractivity contribution >= 4 is 9.84 Å². The van der Waals surface area contributed by atoms with Crippen molar-refractivity contribution in [2.24, 2.45) is 5.73 Å². The lowest BCUT2D eigenvalue weighted by Gasteiger charge is -2.38. The number of sulfone groups is 1. The molecule has 2 N–H and O–H groups in total. The van der Waals surface area contributed by atoms with Crippen LogP contribution in [0.2, 0.25) is 0 Å². The van der Waals surface area contributed by atoms with Crippen molar-refractivity contribution in [3.63, 3.8) is 0 Å². The van der Waals surface area contributed by atoms with E-state index in [1.165, 1.54) is 12.8 Å². The summed E-state index contributed by atoms with van der Waals surface area (Å²) in [6, 6.07) is 1.36. The molecular formula is C13H26N2O2S. The van der Waals surface area contributed by atoms with E-state index >= 15 is 0 Å². The molecule has 4 nitrogen and oxygen atoms in total. The van der Waals surface area contributed by atoms with Crippen molar-refractivity contribution < 1.29 is 8.42 Å². The van der Waals surface area contributed by atoms with E-state index in [9.17, 15) is 8.42 Å². The third-order valence-corrected chi connectivity index (χ3v) is 7.06. The number of hydrogen-bond acceptors (Lipinski definition) is 4. The maximum Gasteiger partial charge on any atom is 0.156 e. The maximum atomic E-state index is 12.1. The van der Waals surface area contributed by atoms with E-state index in [1.54, 1.807) is 20.8 Å². The highest BCUT2D eigenvalue weighted by molar-refractivity contribution is 7.92. The lowest BCUT2D eigenvalue weighted by atomic mass is 9.98. The van der Waals surface area contributed by atoms with Crippen molar-refractivity contribution in [3.05, 3.63) is 0 Å². The molecule has 5 heteroatoms. The van der Waals surface area contributed by atoms with Crippen LogP contribution in [0, 0.1) is 0 Å². The normalized spacial score (nSPS) is 33.9. The Hall–Kier alpha value is -0.130. The molecule has 2 fully saturated rings. The van der Waals surface area contributed by atoms with Gasteiger partial charge in [-0.1, -0.05) is 0 Å². The molecule has 2 aliphatic rings. The molecule has 2 aliphatic heterocycles. The Balaban J connectivity index is 1.96. The van der Waals surface area contributed by atoms with Gasteiger partial charge in [-0.3, -0.25) is 4.90 Å². The predicted molar refractivity (Wildman–Crippen MR) is 74.3 cm³/mol. The number of piperidine rings is 1. The molecule has 2 bridgehead atoms. The lowest BCUT2D eigenvalue weighted by molar-refractivity contribution is 0.136. The van der Waals surface area contributed by atoms with Crippen LogP contribution in [0.15, 0.2) is 0 Å². The summed E-state index contributed by atoms with van der Waals surface area (Å²) in [5.41, 5.74) is 6.02. The largest absolute Gasteiger partial charge is 0.328 e. The summed E-state index contributed by atoms with van der Waals surface area (Å²) < 4.78 is 23.6. The molecule has 0 amide bonds. The van der Waals surface area contributed by atoms with Gasteiger partial charge in [0.25, 0.3) is 0 Å². The molecular weight excluding hydrogens is 248 g/mol. The van der Waals surface area contributed by atoms with Crippen LogP contribution in [-0.4, -0.2) is 48.5 Å². The van der Waals surface area contributed by atoms with E-state index in [4.69, 9.17) is 5.73 Å². The second-order valence-electron chi connectivity index (χ2n) is 6.79. The Morgan fingerprint density at radius 2 is 1.67 bits per heavy atom. The van der Waals surface area contributed by atoms with Gasteiger partial charge in [-0.25, -0.2) is 8.42 Å². The van der Waals surface area contributed by atoms with Crippen molar-refractivity contribution in [1.29, 1.82) is 0 Å². The van der Waals surface area contributed by atoms with Crippen molar-refractivity contribution in [3.8, 4) is 0 Å². The number of nitrogens with two attached hydrogens (primary N) is 1. The number of fused-ring (bicyclic) bond motifs is 2. The molecule has 0 spiro atoms. The van der Waals surface area contributed by atoms with Gasteiger partial charge in [0, 0.05) is 24.7 Å². The van der Waals surface area contributed by atoms with Crippen molar-refractivity contribution in [2.45, 2.75) is 69.3 Å². The first-order valence-corrected chi connectivity index (χ1v) is 8.59. The zero-order chi connectivity index (χ0) is 13.6. The summed E-state index contributed by atoms with van der Waals surface area (Å²) >= 11 is 0. The summed E-state index contributed by atoms with van der Waals surface area (Å²) in [5, 5.41) is 0. The lowest BCUT2D eigenvalue weighted by Crippen LogP contribution is -2.49. The fraction of sp³-hybridized carbons (Fsp3) is 1.00. The summed E-state index contributed by atoms with van der Waals surface area (Å²) in [4.78, 5) is 2.40. The first-order chi connectivity index (χ1) is 8.21. The molecule has 2 unspecified atom stereocenters. The van der Waals surface area contributed by atoms with Crippen LogP contribution in [0.25, 0.3) is 0 Å². The van der Waals surface area contributed by atoms with Gasteiger partial charge in [0.05, 0.1) is 10.5 Å². The molecule has 2 rings (SSSR count). The Bertz CT molecular complexity index is 386. The van der Waals surface area contributed by atoms with Crippen LogP contribution >= 0.6 is 0 Å².